The fraction of sp³-hybridized carbons (Fsp3) is 0.174. The van der Waals surface area contributed by atoms with E-state index in [2.05, 4.69) is 16.4 Å². The van der Waals surface area contributed by atoms with Crippen LogP contribution in [0.5, 0.6) is 0 Å². The summed E-state index contributed by atoms with van der Waals surface area (Å²) in [6.07, 6.45) is 2.46. The van der Waals surface area contributed by atoms with Crippen LogP contribution in [0.3, 0.4) is 0 Å². The normalized spacial score (nSPS) is 14.8. The van der Waals surface area contributed by atoms with E-state index in [0.29, 0.717) is 35.9 Å². The fourth-order valence-electron chi connectivity index (χ4n) is 3.60. The Hall–Kier alpha value is -3.87. The molecule has 3 aromatic rings. The number of nitro groups is 1. The van der Waals surface area contributed by atoms with E-state index in [-0.39, 0.29) is 11.6 Å². The summed E-state index contributed by atoms with van der Waals surface area (Å²) in [7, 11) is 0. The van der Waals surface area contributed by atoms with E-state index in [9.17, 15) is 14.9 Å². The lowest BCUT2D eigenvalue weighted by atomic mass is 10.0. The van der Waals surface area contributed by atoms with Gasteiger partial charge in [0.2, 0.25) is 5.91 Å². The summed E-state index contributed by atoms with van der Waals surface area (Å²) < 4.78 is 0. The number of nitriles is 1. The van der Waals surface area contributed by atoms with Gasteiger partial charge in [-0.1, -0.05) is 48.5 Å². The molecular formula is C23H19N5O3S. The van der Waals surface area contributed by atoms with Crippen molar-refractivity contribution in [2.24, 2.45) is 0 Å². The van der Waals surface area contributed by atoms with Gasteiger partial charge in [0, 0.05) is 41.7 Å². The van der Waals surface area contributed by atoms with Gasteiger partial charge in [-0.15, -0.1) is 11.3 Å². The van der Waals surface area contributed by atoms with Gasteiger partial charge in [0.1, 0.15) is 6.04 Å². The lowest BCUT2D eigenvalue weighted by Gasteiger charge is -2.32. The zero-order valence-electron chi connectivity index (χ0n) is 17.0. The number of nitro benzene ring substituents is 1. The Bertz CT molecular complexity index is 1220. The highest BCUT2D eigenvalue weighted by molar-refractivity contribution is 7.14. The number of aromatic nitrogens is 1. The lowest BCUT2D eigenvalue weighted by Crippen LogP contribution is -2.39. The third-order valence-corrected chi connectivity index (χ3v) is 5.96. The van der Waals surface area contributed by atoms with Crippen LogP contribution in [0.15, 0.2) is 71.6 Å². The molecule has 4 rings (SSSR count). The summed E-state index contributed by atoms with van der Waals surface area (Å²) in [4.78, 5) is 30.4. The first-order valence-electron chi connectivity index (χ1n) is 9.94. The number of amides is 1. The second-order valence-corrected chi connectivity index (χ2v) is 8.09. The van der Waals surface area contributed by atoms with Crippen LogP contribution in [0, 0.1) is 21.4 Å². The zero-order chi connectivity index (χ0) is 22.5. The molecule has 0 saturated heterocycles. The van der Waals surface area contributed by atoms with Crippen molar-refractivity contribution in [3.05, 3.63) is 87.3 Å². The monoisotopic (exact) mass is 445 g/mol. The van der Waals surface area contributed by atoms with Gasteiger partial charge >= 0.3 is 0 Å². The highest BCUT2D eigenvalue weighted by Crippen LogP contribution is 2.30. The molecule has 32 heavy (non-hydrogen) atoms. The number of anilines is 1. The second-order valence-electron chi connectivity index (χ2n) is 7.23. The number of nitrogens with zero attached hydrogens (tertiary/aromatic N) is 4. The van der Waals surface area contributed by atoms with Gasteiger partial charge < -0.3 is 5.32 Å². The Morgan fingerprint density at radius 2 is 2.06 bits per heavy atom. The van der Waals surface area contributed by atoms with Gasteiger partial charge in [-0.25, -0.2) is 4.98 Å². The largest absolute Gasteiger partial charge is 0.300 e. The van der Waals surface area contributed by atoms with Crippen molar-refractivity contribution in [2.45, 2.75) is 12.5 Å². The highest BCUT2D eigenvalue weighted by atomic mass is 32.1. The minimum Gasteiger partial charge on any atom is -0.300 e. The molecule has 0 saturated carbocycles. The van der Waals surface area contributed by atoms with Crippen molar-refractivity contribution in [3.63, 3.8) is 0 Å². The molecule has 1 aliphatic heterocycles. The van der Waals surface area contributed by atoms with Crippen LogP contribution in [0.25, 0.3) is 11.3 Å². The van der Waals surface area contributed by atoms with Crippen LogP contribution in [0.2, 0.25) is 0 Å². The maximum Gasteiger partial charge on any atom is 0.270 e. The van der Waals surface area contributed by atoms with E-state index in [1.165, 1.54) is 23.5 Å². The SMILES string of the molecule is N#CC1=CCN(C(C(=O)Nc2nc(-c3cccc([N+](=O)[O-])c3)cs2)c2ccccc2)CC1. The maximum atomic E-state index is 13.3. The molecule has 1 atom stereocenters. The Balaban J connectivity index is 1.56. The number of hydrogen-bond donors (Lipinski definition) is 1. The molecule has 2 aromatic carbocycles. The molecule has 2 heterocycles. The number of non-ortho nitro benzene ring substituents is 1. The molecule has 1 N–H and O–H groups in total. The number of thiazole rings is 1. The minimum absolute atomic E-state index is 0.0138. The van der Waals surface area contributed by atoms with Crippen molar-refractivity contribution in [1.82, 2.24) is 9.88 Å². The molecule has 0 fully saturated rings. The number of carbonyl (C=O) groups excluding carboxylic acids is 1. The first-order valence-corrected chi connectivity index (χ1v) is 10.8. The summed E-state index contributed by atoms with van der Waals surface area (Å²) in [6, 6.07) is 17.4. The molecule has 0 spiro atoms. The molecule has 0 aliphatic carbocycles. The smallest absolute Gasteiger partial charge is 0.270 e. The molecule has 0 bridgehead atoms. The average Bonchev–Trinajstić information content (AvgIpc) is 3.29. The first kappa shape index (κ1) is 21.4. The van der Waals surface area contributed by atoms with E-state index < -0.39 is 11.0 Å². The van der Waals surface area contributed by atoms with Gasteiger partial charge in [0.25, 0.3) is 5.69 Å². The van der Waals surface area contributed by atoms with Crippen molar-refractivity contribution in [2.75, 3.05) is 18.4 Å². The molecule has 9 heteroatoms. The minimum atomic E-state index is -0.530. The van der Waals surface area contributed by atoms with Crippen LogP contribution in [-0.4, -0.2) is 33.8 Å². The van der Waals surface area contributed by atoms with E-state index in [1.54, 1.807) is 17.5 Å². The summed E-state index contributed by atoms with van der Waals surface area (Å²) in [6.45, 7) is 1.11. The maximum absolute atomic E-state index is 13.3. The van der Waals surface area contributed by atoms with Gasteiger partial charge in [0.15, 0.2) is 5.13 Å². The Labute approximate surface area is 188 Å². The van der Waals surface area contributed by atoms with Crippen LogP contribution < -0.4 is 5.32 Å². The van der Waals surface area contributed by atoms with Gasteiger partial charge in [-0.05, 0) is 12.0 Å². The molecule has 1 unspecified atom stereocenters. The van der Waals surface area contributed by atoms with Gasteiger partial charge in [-0.2, -0.15) is 5.26 Å². The van der Waals surface area contributed by atoms with Crippen molar-refractivity contribution in [1.29, 1.82) is 5.26 Å². The van der Waals surface area contributed by atoms with Crippen molar-refractivity contribution in [3.8, 4) is 17.3 Å². The molecule has 1 amide bonds. The predicted molar refractivity (Wildman–Crippen MR) is 122 cm³/mol. The lowest BCUT2D eigenvalue weighted by molar-refractivity contribution is -0.384. The molecule has 0 radical (unpaired) electrons. The summed E-state index contributed by atoms with van der Waals surface area (Å²) in [5.41, 5.74) is 2.75. The second kappa shape index (κ2) is 9.51. The zero-order valence-corrected chi connectivity index (χ0v) is 17.8. The van der Waals surface area contributed by atoms with E-state index in [0.717, 1.165) is 11.1 Å². The highest BCUT2D eigenvalue weighted by Gasteiger charge is 2.29. The third kappa shape index (κ3) is 4.72. The van der Waals surface area contributed by atoms with E-state index in [1.807, 2.05) is 41.3 Å². The molecule has 1 aromatic heterocycles. The van der Waals surface area contributed by atoms with Crippen LogP contribution >= 0.6 is 11.3 Å². The van der Waals surface area contributed by atoms with Crippen LogP contribution in [0.1, 0.15) is 18.0 Å². The molecular weight excluding hydrogens is 426 g/mol. The Kier molecular flexibility index (Phi) is 6.35. The number of hydrogen-bond acceptors (Lipinski definition) is 7. The molecule has 8 nitrogen and oxygen atoms in total. The quantitative estimate of drug-likeness (QED) is 0.440. The van der Waals surface area contributed by atoms with Crippen molar-refractivity contribution < 1.29 is 9.72 Å². The molecule has 1 aliphatic rings. The summed E-state index contributed by atoms with van der Waals surface area (Å²) in [5.74, 6) is -0.218. The van der Waals surface area contributed by atoms with Crippen LogP contribution in [0.4, 0.5) is 10.8 Å². The van der Waals surface area contributed by atoms with Gasteiger partial charge in [-0.3, -0.25) is 19.8 Å². The number of rotatable bonds is 6. The van der Waals surface area contributed by atoms with Crippen LogP contribution in [-0.2, 0) is 4.79 Å². The summed E-state index contributed by atoms with van der Waals surface area (Å²) in [5, 5.41) is 25.2. The fourth-order valence-corrected chi connectivity index (χ4v) is 4.32. The van der Waals surface area contributed by atoms with Crippen molar-refractivity contribution >= 4 is 28.1 Å². The standard InChI is InChI=1S/C23H19N5O3S/c24-14-16-9-11-27(12-10-16)21(17-5-2-1-3-6-17)22(29)26-23-25-20(15-32-23)18-7-4-8-19(13-18)28(30)31/h1-9,13,15,21H,10-12H2,(H,25,26,29). The third-order valence-electron chi connectivity index (χ3n) is 5.20. The number of benzene rings is 2. The average molecular weight is 446 g/mol. The van der Waals surface area contributed by atoms with Gasteiger partial charge in [0.05, 0.1) is 16.7 Å². The number of carbonyl (C=O) groups is 1. The molecule has 160 valence electrons. The van der Waals surface area contributed by atoms with E-state index >= 15 is 0 Å². The predicted octanol–water partition coefficient (Wildman–Crippen LogP) is 4.55. The number of nitrogens with one attached hydrogen (secondary N) is 1. The Morgan fingerprint density at radius 1 is 1.25 bits per heavy atom. The Morgan fingerprint density at radius 3 is 2.75 bits per heavy atom. The topological polar surface area (TPSA) is 112 Å². The summed E-state index contributed by atoms with van der Waals surface area (Å²) >= 11 is 1.26. The van der Waals surface area contributed by atoms with E-state index in [4.69, 9.17) is 5.26 Å². The first-order chi connectivity index (χ1) is 15.5.